The van der Waals surface area contributed by atoms with E-state index >= 15 is 0 Å². The zero-order valence-electron chi connectivity index (χ0n) is 15.3. The van der Waals surface area contributed by atoms with Gasteiger partial charge in [-0.15, -0.1) is 0 Å². The molecule has 132 valence electrons. The van der Waals surface area contributed by atoms with E-state index in [1.165, 1.54) is 5.57 Å². The third kappa shape index (κ3) is 3.84. The summed E-state index contributed by atoms with van der Waals surface area (Å²) in [7, 11) is 0. The van der Waals surface area contributed by atoms with Crippen LogP contribution in [0.25, 0.3) is 16.8 Å². The number of aromatic nitrogens is 1. The van der Waals surface area contributed by atoms with E-state index in [0.29, 0.717) is 18.4 Å². The van der Waals surface area contributed by atoms with Crippen molar-refractivity contribution in [3.8, 4) is 5.69 Å². The van der Waals surface area contributed by atoms with E-state index in [1.54, 1.807) is 13.8 Å². The van der Waals surface area contributed by atoms with Crippen molar-refractivity contribution in [1.82, 2.24) is 4.57 Å². The van der Waals surface area contributed by atoms with Gasteiger partial charge in [0, 0.05) is 23.4 Å². The predicted molar refractivity (Wildman–Crippen MR) is 106 cm³/mol. The summed E-state index contributed by atoms with van der Waals surface area (Å²) in [4.78, 5) is 22.3. The SMILES string of the molecule is CC(=O)CCc1ccc(C2=CCCC=C2)n1-c1ccc(C(C)=C=O)cc1. The first-order valence-corrected chi connectivity index (χ1v) is 9.00. The molecule has 1 aliphatic rings. The van der Waals surface area contributed by atoms with Crippen LogP contribution in [0.2, 0.25) is 0 Å². The van der Waals surface area contributed by atoms with Crippen molar-refractivity contribution in [2.75, 3.05) is 0 Å². The quantitative estimate of drug-likeness (QED) is 0.694. The van der Waals surface area contributed by atoms with Crippen molar-refractivity contribution >= 4 is 22.9 Å². The van der Waals surface area contributed by atoms with Gasteiger partial charge in [-0.05, 0) is 68.5 Å². The summed E-state index contributed by atoms with van der Waals surface area (Å²) < 4.78 is 2.22. The molecule has 0 bridgehead atoms. The van der Waals surface area contributed by atoms with E-state index in [0.717, 1.165) is 35.5 Å². The Morgan fingerprint density at radius 1 is 1.08 bits per heavy atom. The third-order valence-electron chi connectivity index (χ3n) is 4.70. The average molecular weight is 345 g/mol. The number of benzene rings is 1. The van der Waals surface area contributed by atoms with E-state index in [4.69, 9.17) is 0 Å². The molecule has 1 aromatic heterocycles. The standard InChI is InChI=1S/C23H23NO2/c1-17(16-25)19-9-12-22(13-10-19)24-21(11-8-18(2)26)14-15-23(24)20-6-4-3-5-7-20/h4,6-7,9-10,12-15H,3,5,8,11H2,1-2H3. The minimum atomic E-state index is 0.193. The number of carbonyl (C=O) groups excluding carboxylic acids is 2. The second kappa shape index (κ2) is 7.99. The second-order valence-electron chi connectivity index (χ2n) is 6.66. The molecule has 0 aliphatic heterocycles. The van der Waals surface area contributed by atoms with Gasteiger partial charge < -0.3 is 9.36 Å². The molecular weight excluding hydrogens is 322 g/mol. The van der Waals surface area contributed by atoms with Crippen LogP contribution in [0.1, 0.15) is 50.1 Å². The fourth-order valence-electron chi connectivity index (χ4n) is 3.23. The Morgan fingerprint density at radius 3 is 2.46 bits per heavy atom. The first-order chi connectivity index (χ1) is 12.6. The van der Waals surface area contributed by atoms with Gasteiger partial charge in [0.1, 0.15) is 11.7 Å². The molecule has 3 nitrogen and oxygen atoms in total. The van der Waals surface area contributed by atoms with Crippen LogP contribution in [0.5, 0.6) is 0 Å². The van der Waals surface area contributed by atoms with Gasteiger partial charge in [-0.3, -0.25) is 0 Å². The lowest BCUT2D eigenvalue weighted by Gasteiger charge is -2.16. The predicted octanol–water partition coefficient (Wildman–Crippen LogP) is 4.97. The summed E-state index contributed by atoms with van der Waals surface area (Å²) in [6.45, 7) is 3.39. The maximum Gasteiger partial charge on any atom is 0.130 e. The Morgan fingerprint density at radius 2 is 1.85 bits per heavy atom. The van der Waals surface area contributed by atoms with Crippen LogP contribution in [0.3, 0.4) is 0 Å². The molecule has 3 heteroatoms. The van der Waals surface area contributed by atoms with E-state index in [2.05, 4.69) is 34.9 Å². The highest BCUT2D eigenvalue weighted by atomic mass is 16.1. The second-order valence-corrected chi connectivity index (χ2v) is 6.66. The van der Waals surface area contributed by atoms with Crippen LogP contribution in [0.15, 0.2) is 54.6 Å². The highest BCUT2D eigenvalue weighted by Crippen LogP contribution is 2.28. The number of allylic oxidation sites excluding steroid dienone is 5. The number of ketones is 1. The first-order valence-electron chi connectivity index (χ1n) is 9.00. The lowest BCUT2D eigenvalue weighted by Crippen LogP contribution is -2.06. The van der Waals surface area contributed by atoms with Gasteiger partial charge in [-0.25, -0.2) is 4.79 Å². The van der Waals surface area contributed by atoms with Gasteiger partial charge in [0.2, 0.25) is 0 Å². The molecule has 0 spiro atoms. The number of nitrogens with zero attached hydrogens (tertiary/aromatic N) is 1. The van der Waals surface area contributed by atoms with Crippen LogP contribution in [-0.2, 0) is 16.0 Å². The zero-order chi connectivity index (χ0) is 18.5. The molecular formula is C23H23NO2. The summed E-state index contributed by atoms with van der Waals surface area (Å²) in [6.07, 6.45) is 9.98. The van der Waals surface area contributed by atoms with Crippen LogP contribution < -0.4 is 0 Å². The van der Waals surface area contributed by atoms with Gasteiger partial charge >= 0.3 is 0 Å². The molecule has 1 aromatic carbocycles. The average Bonchev–Trinajstić information content (AvgIpc) is 3.10. The molecule has 3 rings (SSSR count). The van der Waals surface area contributed by atoms with Crippen LogP contribution in [0.4, 0.5) is 0 Å². The lowest BCUT2D eigenvalue weighted by atomic mass is 10.0. The number of aryl methyl sites for hydroxylation is 1. The van der Waals surface area contributed by atoms with Crippen LogP contribution in [-0.4, -0.2) is 16.3 Å². The monoisotopic (exact) mass is 345 g/mol. The summed E-state index contributed by atoms with van der Waals surface area (Å²) in [5.41, 5.74) is 5.96. The fraction of sp³-hybridized carbons (Fsp3) is 0.261. The van der Waals surface area contributed by atoms with E-state index in [9.17, 15) is 9.59 Å². The summed E-state index contributed by atoms with van der Waals surface area (Å²) >= 11 is 0. The molecule has 1 heterocycles. The molecule has 26 heavy (non-hydrogen) atoms. The van der Waals surface area contributed by atoms with Crippen LogP contribution in [0, 0.1) is 0 Å². The topological polar surface area (TPSA) is 39.1 Å². The minimum absolute atomic E-state index is 0.193. The van der Waals surface area contributed by atoms with Crippen LogP contribution >= 0.6 is 0 Å². The number of rotatable bonds is 6. The smallest absolute Gasteiger partial charge is 0.130 e. The maximum atomic E-state index is 11.5. The Balaban J connectivity index is 2.05. The Labute approximate surface area is 154 Å². The normalized spacial score (nSPS) is 13.2. The zero-order valence-corrected chi connectivity index (χ0v) is 15.3. The van der Waals surface area contributed by atoms with Crippen molar-refractivity contribution in [1.29, 1.82) is 0 Å². The summed E-state index contributed by atoms with van der Waals surface area (Å²) in [5, 5.41) is 0. The molecule has 0 radical (unpaired) electrons. The molecule has 0 amide bonds. The van der Waals surface area contributed by atoms with Gasteiger partial charge in [0.15, 0.2) is 0 Å². The number of hydrogen-bond donors (Lipinski definition) is 0. The first kappa shape index (κ1) is 17.9. The van der Waals surface area contributed by atoms with E-state index < -0.39 is 0 Å². The fourth-order valence-corrected chi connectivity index (χ4v) is 3.23. The molecule has 0 N–H and O–H groups in total. The molecule has 0 saturated carbocycles. The maximum absolute atomic E-state index is 11.5. The van der Waals surface area contributed by atoms with E-state index in [-0.39, 0.29) is 5.78 Å². The van der Waals surface area contributed by atoms with Crippen molar-refractivity contribution in [2.24, 2.45) is 0 Å². The highest BCUT2D eigenvalue weighted by Gasteiger charge is 2.14. The Kier molecular flexibility index (Phi) is 5.50. The van der Waals surface area contributed by atoms with Gasteiger partial charge in [-0.2, -0.15) is 0 Å². The third-order valence-corrected chi connectivity index (χ3v) is 4.70. The summed E-state index contributed by atoms with van der Waals surface area (Å²) in [5.74, 6) is 2.14. The molecule has 0 unspecified atom stereocenters. The van der Waals surface area contributed by atoms with Gasteiger partial charge in [0.05, 0.1) is 5.69 Å². The van der Waals surface area contributed by atoms with Gasteiger partial charge in [-0.1, -0.05) is 30.4 Å². The van der Waals surface area contributed by atoms with Crippen molar-refractivity contribution in [2.45, 2.75) is 39.5 Å². The highest BCUT2D eigenvalue weighted by molar-refractivity contribution is 5.86. The molecule has 0 atom stereocenters. The van der Waals surface area contributed by atoms with Crippen molar-refractivity contribution in [3.05, 3.63) is 71.6 Å². The number of carbonyl (C=O) groups is 1. The molecule has 0 saturated heterocycles. The van der Waals surface area contributed by atoms with E-state index in [1.807, 2.05) is 30.2 Å². The largest absolute Gasteiger partial charge is 0.314 e. The lowest BCUT2D eigenvalue weighted by molar-refractivity contribution is -0.117. The Hall–Kier alpha value is -2.90. The van der Waals surface area contributed by atoms with Crippen molar-refractivity contribution < 1.29 is 9.59 Å². The number of hydrogen-bond acceptors (Lipinski definition) is 2. The molecule has 1 aliphatic carbocycles. The minimum Gasteiger partial charge on any atom is -0.314 e. The number of Topliss-reactive ketones (excluding diaryl/α,β-unsaturated/α-hetero) is 1. The van der Waals surface area contributed by atoms with Gasteiger partial charge in [0.25, 0.3) is 0 Å². The molecule has 0 fully saturated rings. The Bertz CT molecular complexity index is 920. The van der Waals surface area contributed by atoms with Crippen molar-refractivity contribution in [3.63, 3.8) is 0 Å². The summed E-state index contributed by atoms with van der Waals surface area (Å²) in [6, 6.07) is 12.2. The molecule has 2 aromatic rings.